The molecule has 3 aliphatic rings. The van der Waals surface area contributed by atoms with Crippen molar-refractivity contribution in [2.24, 2.45) is 5.73 Å². The van der Waals surface area contributed by atoms with E-state index in [1.165, 1.54) is 11.0 Å². The van der Waals surface area contributed by atoms with E-state index in [2.05, 4.69) is 5.32 Å². The molecule has 0 unspecified atom stereocenters. The zero-order chi connectivity index (χ0) is 25.0. The second-order valence-corrected chi connectivity index (χ2v) is 9.85. The van der Waals surface area contributed by atoms with Crippen LogP contribution in [0, 0.1) is 0 Å². The summed E-state index contributed by atoms with van der Waals surface area (Å²) in [6.07, 6.45) is 0.139. The van der Waals surface area contributed by atoms with Gasteiger partial charge in [0, 0.05) is 33.7 Å². The number of benzene rings is 1. The van der Waals surface area contributed by atoms with E-state index < -0.39 is 30.0 Å². The smallest absolute Gasteiger partial charge is 0.669 e. The molecule has 3 atom stereocenters. The number of nitrogens with zero attached hydrogens (tertiary/aromatic N) is 2. The second-order valence-electron chi connectivity index (χ2n) is 9.85. The molecular weight excluding hydrogens is 493 g/mol. The van der Waals surface area contributed by atoms with Crippen LogP contribution in [0.4, 0.5) is 0 Å². The molecule has 1 aliphatic carbocycles. The first kappa shape index (κ1) is 31.4. The number of nitrogens with two attached hydrogens (primary N) is 1. The van der Waals surface area contributed by atoms with Crippen molar-refractivity contribution in [2.75, 3.05) is 40.3 Å². The minimum atomic E-state index is -3.14. The van der Waals surface area contributed by atoms with E-state index in [1.54, 1.807) is 27.1 Å². The molecule has 2 fully saturated rings. The van der Waals surface area contributed by atoms with Crippen molar-refractivity contribution in [1.82, 2.24) is 15.1 Å². The summed E-state index contributed by atoms with van der Waals surface area (Å²) < 4.78 is 11.1. The zero-order valence-electron chi connectivity index (χ0n) is 21.3. The molecule has 4 rings (SSSR count). The molecule has 5 N–H and O–H groups in total. The minimum absolute atomic E-state index is 0. The SMILES string of the molecule is CN(C)C(=O)CNC(=O)[C@](C)(N)CN1CC(Oc2ccc3c(c2C(=O)[O-])O[B-](O)(O)[C@@H]2C[C@H]32)C1.[Na+].[Na+]. The molecule has 1 aromatic rings. The van der Waals surface area contributed by atoms with Crippen LogP contribution in [-0.4, -0.2) is 96.3 Å². The number of hydrogen-bond acceptors (Lipinski definition) is 10. The predicted molar refractivity (Wildman–Crippen MR) is 118 cm³/mol. The van der Waals surface area contributed by atoms with E-state index in [9.17, 15) is 29.5 Å². The Balaban J connectivity index is 0.00000228. The monoisotopic (exact) mass is 522 g/mol. The molecule has 1 aromatic carbocycles. The summed E-state index contributed by atoms with van der Waals surface area (Å²) in [4.78, 5) is 39.2. The quantitative estimate of drug-likeness (QED) is 0.240. The number of rotatable bonds is 8. The number of likely N-dealkylation sites (tertiary alicyclic amines) is 1. The molecule has 186 valence electrons. The molecule has 1 saturated heterocycles. The number of carbonyl (C=O) groups excluding carboxylic acids is 3. The normalized spacial score (nSPS) is 23.1. The maximum absolute atomic E-state index is 12.4. The summed E-state index contributed by atoms with van der Waals surface area (Å²) in [5, 5.41) is 34.6. The van der Waals surface area contributed by atoms with Crippen LogP contribution in [0.3, 0.4) is 0 Å². The van der Waals surface area contributed by atoms with Gasteiger partial charge in [-0.15, -0.1) is 0 Å². The first-order chi connectivity index (χ1) is 15.8. The molecule has 0 spiro atoms. The van der Waals surface area contributed by atoms with Gasteiger partial charge in [0.25, 0.3) is 0 Å². The maximum Gasteiger partial charge on any atom is 1.00 e. The topological polar surface area (TPSA) is 178 Å². The third-order valence-electron chi connectivity index (χ3n) is 6.63. The summed E-state index contributed by atoms with van der Waals surface area (Å²) in [6, 6.07) is 3.21. The van der Waals surface area contributed by atoms with Gasteiger partial charge in [0.15, 0.2) is 0 Å². The Morgan fingerprint density at radius 3 is 2.53 bits per heavy atom. The standard InChI is InChI=1S/C21H30BN4O8.2Na/c1-21(23,20(30)24-7-16(27)25(2)3)10-26-8-11(9-26)33-15-5-4-12-13-6-14(13)22(31,32)34-18(12)17(15)19(28)29;;/h4-5,11,13-14,31-32H,6-10,23H2,1-3H3,(H,24,30)(H,28,29);;/q-1;2*+1/p-1/t13-,14-,21-;;/m1../s1. The Morgan fingerprint density at radius 2 is 1.94 bits per heavy atom. The van der Waals surface area contributed by atoms with Gasteiger partial charge in [-0.05, 0) is 24.5 Å². The number of likely N-dealkylation sites (N-methyl/N-ethyl adjacent to an activating group) is 1. The number of amides is 2. The molecule has 36 heavy (non-hydrogen) atoms. The van der Waals surface area contributed by atoms with Gasteiger partial charge < -0.3 is 45.3 Å². The molecule has 12 nitrogen and oxygen atoms in total. The largest absolute Gasteiger partial charge is 1.00 e. The molecule has 2 amide bonds. The van der Waals surface area contributed by atoms with Gasteiger partial charge in [0.05, 0.1) is 23.8 Å². The van der Waals surface area contributed by atoms with Crippen molar-refractivity contribution >= 4 is 24.5 Å². The molecule has 0 radical (unpaired) electrons. The Labute approximate surface area is 253 Å². The first-order valence-electron chi connectivity index (χ1n) is 11.1. The average molecular weight is 522 g/mol. The van der Waals surface area contributed by atoms with E-state index in [4.69, 9.17) is 15.1 Å². The fraction of sp³-hybridized carbons (Fsp3) is 0.571. The fourth-order valence-electron chi connectivity index (χ4n) is 4.56. The van der Waals surface area contributed by atoms with E-state index >= 15 is 0 Å². The summed E-state index contributed by atoms with van der Waals surface area (Å²) in [6.45, 7) is -0.743. The third-order valence-corrected chi connectivity index (χ3v) is 6.63. The molecule has 2 aliphatic heterocycles. The van der Waals surface area contributed by atoms with Gasteiger partial charge in [0.2, 0.25) is 11.8 Å². The molecule has 2 heterocycles. The Bertz CT molecular complexity index is 1040. The predicted octanol–water partition coefficient (Wildman–Crippen LogP) is -8.78. The van der Waals surface area contributed by atoms with Crippen molar-refractivity contribution in [3.8, 4) is 11.5 Å². The van der Waals surface area contributed by atoms with Gasteiger partial charge in [-0.25, -0.2) is 0 Å². The Hall–Kier alpha value is -0.865. The minimum Gasteiger partial charge on any atom is -0.669 e. The summed E-state index contributed by atoms with van der Waals surface area (Å²) in [5.41, 5.74) is 5.16. The van der Waals surface area contributed by atoms with Crippen molar-refractivity contribution in [1.29, 1.82) is 0 Å². The van der Waals surface area contributed by atoms with Crippen LogP contribution in [0.25, 0.3) is 0 Å². The van der Waals surface area contributed by atoms with E-state index in [-0.39, 0.29) is 107 Å². The zero-order valence-corrected chi connectivity index (χ0v) is 25.3. The van der Waals surface area contributed by atoms with Crippen molar-refractivity contribution in [2.45, 2.75) is 36.7 Å². The fourth-order valence-corrected chi connectivity index (χ4v) is 4.56. The van der Waals surface area contributed by atoms with Gasteiger partial charge in [0.1, 0.15) is 17.4 Å². The molecular formula is C21H29BN4Na2O8. The van der Waals surface area contributed by atoms with E-state index in [1.807, 2.05) is 4.90 Å². The van der Waals surface area contributed by atoms with Crippen LogP contribution in [0.15, 0.2) is 12.1 Å². The van der Waals surface area contributed by atoms with Crippen molar-refractivity contribution < 1.29 is 98.0 Å². The average Bonchev–Trinajstić information content (AvgIpc) is 3.51. The van der Waals surface area contributed by atoms with Crippen LogP contribution in [0.1, 0.15) is 35.2 Å². The van der Waals surface area contributed by atoms with Crippen molar-refractivity contribution in [3.05, 3.63) is 23.3 Å². The Morgan fingerprint density at radius 1 is 1.31 bits per heavy atom. The Kier molecular flexibility index (Phi) is 10.00. The third kappa shape index (κ3) is 6.40. The van der Waals surface area contributed by atoms with Crippen LogP contribution in [0.2, 0.25) is 5.82 Å². The van der Waals surface area contributed by atoms with Crippen LogP contribution >= 0.6 is 0 Å². The number of aromatic carboxylic acids is 1. The summed E-state index contributed by atoms with van der Waals surface area (Å²) in [7, 11) is 3.18. The van der Waals surface area contributed by atoms with Gasteiger partial charge in [-0.3, -0.25) is 14.5 Å². The summed E-state index contributed by atoms with van der Waals surface area (Å²) >= 11 is 0. The number of carboxylic acid groups (broad SMARTS) is 1. The van der Waals surface area contributed by atoms with Gasteiger partial charge in [-0.2, -0.15) is 0 Å². The molecule has 1 saturated carbocycles. The maximum atomic E-state index is 12.4. The van der Waals surface area contributed by atoms with Gasteiger partial charge in [-0.1, -0.05) is 18.3 Å². The number of carboxylic acids is 1. The van der Waals surface area contributed by atoms with Crippen LogP contribution in [-0.2, 0) is 9.59 Å². The number of ether oxygens (including phenoxy) is 1. The molecule has 15 heteroatoms. The number of hydrogen-bond donors (Lipinski definition) is 4. The first-order valence-corrected chi connectivity index (χ1v) is 11.1. The molecule has 0 bridgehead atoms. The van der Waals surface area contributed by atoms with Crippen molar-refractivity contribution in [3.63, 3.8) is 0 Å². The van der Waals surface area contributed by atoms with Gasteiger partial charge >= 0.3 is 65.9 Å². The van der Waals surface area contributed by atoms with Crippen LogP contribution in [0.5, 0.6) is 11.5 Å². The number of nitrogens with one attached hydrogen (secondary N) is 1. The number of fused-ring (bicyclic) bond motifs is 3. The summed E-state index contributed by atoms with van der Waals surface area (Å²) in [5.74, 6) is -2.94. The molecule has 0 aromatic heterocycles. The number of carbonyl (C=O) groups is 3. The van der Waals surface area contributed by atoms with Crippen LogP contribution < -0.4 is 84.7 Å². The van der Waals surface area contributed by atoms with E-state index in [0.29, 0.717) is 25.1 Å². The second kappa shape index (κ2) is 11.5. The van der Waals surface area contributed by atoms with E-state index in [0.717, 1.165) is 0 Å².